The van der Waals surface area contributed by atoms with Crippen LogP contribution in [0.5, 0.6) is 0 Å². The van der Waals surface area contributed by atoms with E-state index in [9.17, 15) is 9.18 Å². The molecule has 3 atom stereocenters. The predicted octanol–water partition coefficient (Wildman–Crippen LogP) is 5.83. The fourth-order valence-corrected chi connectivity index (χ4v) is 4.51. The van der Waals surface area contributed by atoms with Crippen LogP contribution in [-0.2, 0) is 4.79 Å². The van der Waals surface area contributed by atoms with E-state index in [4.69, 9.17) is 4.99 Å². The molecule has 2 aliphatic rings. The van der Waals surface area contributed by atoms with Crippen LogP contribution in [-0.4, -0.2) is 11.5 Å². The molecule has 1 fully saturated rings. The number of carbonyl (C=O) groups is 1. The van der Waals surface area contributed by atoms with E-state index in [1.165, 1.54) is 17.7 Å². The van der Waals surface area contributed by atoms with Gasteiger partial charge in [0.1, 0.15) is 11.6 Å². The van der Waals surface area contributed by atoms with Crippen molar-refractivity contribution < 1.29 is 9.18 Å². The van der Waals surface area contributed by atoms with Crippen molar-refractivity contribution in [1.82, 2.24) is 0 Å². The molecule has 0 spiro atoms. The number of aliphatic imine (C=N–C) groups is 1. The summed E-state index contributed by atoms with van der Waals surface area (Å²) in [6.45, 7) is 0. The van der Waals surface area contributed by atoms with Gasteiger partial charge in [-0.15, -0.1) is 0 Å². The van der Waals surface area contributed by atoms with Crippen LogP contribution in [0.2, 0.25) is 0 Å². The van der Waals surface area contributed by atoms with E-state index < -0.39 is 0 Å². The fraction of sp³-hybridized carbons (Fsp3) is 0.200. The highest BCUT2D eigenvalue weighted by molar-refractivity contribution is 6.10. The molecule has 3 aromatic rings. The molecule has 3 aromatic carbocycles. The average Bonchev–Trinajstić information content (AvgIpc) is 2.92. The van der Waals surface area contributed by atoms with Gasteiger partial charge in [0.05, 0.1) is 23.3 Å². The molecular weight excluding hydrogens is 363 g/mol. The van der Waals surface area contributed by atoms with Gasteiger partial charge < -0.3 is 5.32 Å². The smallest absolute Gasteiger partial charge is 0.144 e. The van der Waals surface area contributed by atoms with Gasteiger partial charge in [-0.3, -0.25) is 9.79 Å². The first kappa shape index (κ1) is 17.8. The molecule has 4 heteroatoms. The number of Topliss-reactive ketones (excluding diaryl/α,β-unsaturated/α-hetero) is 1. The van der Waals surface area contributed by atoms with Gasteiger partial charge in [-0.25, -0.2) is 4.39 Å². The summed E-state index contributed by atoms with van der Waals surface area (Å²) in [5.41, 5.74) is 4.71. The zero-order chi connectivity index (χ0) is 19.8. The van der Waals surface area contributed by atoms with Gasteiger partial charge >= 0.3 is 0 Å². The van der Waals surface area contributed by atoms with Gasteiger partial charge in [0.25, 0.3) is 0 Å². The minimum atomic E-state index is -0.354. The molecule has 29 heavy (non-hydrogen) atoms. The van der Waals surface area contributed by atoms with E-state index >= 15 is 0 Å². The molecule has 0 bridgehead atoms. The minimum absolute atomic E-state index is 0.137. The molecule has 1 heterocycles. The lowest BCUT2D eigenvalue weighted by molar-refractivity contribution is -0.122. The lowest BCUT2D eigenvalue weighted by Gasteiger charge is -2.34. The summed E-state index contributed by atoms with van der Waals surface area (Å²) in [4.78, 5) is 18.3. The maximum Gasteiger partial charge on any atom is 0.144 e. The first-order valence-electron chi connectivity index (χ1n) is 9.95. The average molecular weight is 384 g/mol. The van der Waals surface area contributed by atoms with Crippen molar-refractivity contribution in [2.45, 2.75) is 24.8 Å². The van der Waals surface area contributed by atoms with Crippen LogP contribution in [0.15, 0.2) is 83.9 Å². The van der Waals surface area contributed by atoms with E-state index in [1.807, 2.05) is 42.5 Å². The summed E-state index contributed by atoms with van der Waals surface area (Å²) >= 11 is 0. The number of halogens is 1. The normalized spacial score (nSPS) is 23.3. The van der Waals surface area contributed by atoms with Gasteiger partial charge in [-0.1, -0.05) is 54.6 Å². The van der Waals surface area contributed by atoms with Crippen LogP contribution in [0.25, 0.3) is 0 Å². The third kappa shape index (κ3) is 3.35. The van der Waals surface area contributed by atoms with Gasteiger partial charge in [-0.05, 0) is 47.7 Å². The van der Waals surface area contributed by atoms with E-state index in [0.717, 1.165) is 29.1 Å². The number of para-hydroxylation sites is 2. The first-order valence-corrected chi connectivity index (χ1v) is 9.95. The molecule has 3 nitrogen and oxygen atoms in total. The molecule has 0 saturated heterocycles. The van der Waals surface area contributed by atoms with Gasteiger partial charge in [0, 0.05) is 12.1 Å². The van der Waals surface area contributed by atoms with Gasteiger partial charge in [0.15, 0.2) is 0 Å². The molecule has 144 valence electrons. The van der Waals surface area contributed by atoms with E-state index in [2.05, 4.69) is 17.4 Å². The van der Waals surface area contributed by atoms with Crippen LogP contribution < -0.4 is 5.32 Å². The SMILES string of the molecule is O=C1CC(c2ccccc2)CC2=Nc3ccccc3NC(c3ccc(F)cc3)C12. The van der Waals surface area contributed by atoms with Crippen molar-refractivity contribution in [2.24, 2.45) is 10.9 Å². The second-order valence-electron chi connectivity index (χ2n) is 7.75. The fourth-order valence-electron chi connectivity index (χ4n) is 4.51. The second kappa shape index (κ2) is 7.28. The molecule has 0 amide bonds. The Hall–Kier alpha value is -3.27. The van der Waals surface area contributed by atoms with Crippen LogP contribution in [0.4, 0.5) is 15.8 Å². The molecule has 1 saturated carbocycles. The van der Waals surface area contributed by atoms with Crippen LogP contribution in [0.3, 0.4) is 0 Å². The summed E-state index contributed by atoms with van der Waals surface area (Å²) in [7, 11) is 0. The number of nitrogens with one attached hydrogen (secondary N) is 1. The maximum atomic E-state index is 13.5. The van der Waals surface area contributed by atoms with Gasteiger partial charge in [-0.2, -0.15) is 0 Å². The Morgan fingerprint density at radius 2 is 1.55 bits per heavy atom. The van der Waals surface area contributed by atoms with E-state index in [1.54, 1.807) is 12.1 Å². The van der Waals surface area contributed by atoms with Crippen LogP contribution >= 0.6 is 0 Å². The second-order valence-corrected chi connectivity index (χ2v) is 7.75. The number of hydrogen-bond acceptors (Lipinski definition) is 3. The standard InChI is InChI=1S/C25H21FN2O/c26-19-12-10-17(11-13-19)25-24-22(27-20-8-4-5-9-21(20)28-25)14-18(15-23(24)29)16-6-2-1-3-7-16/h1-13,18,24-25,28H,14-15H2. The Kier molecular flexibility index (Phi) is 4.47. The molecule has 0 aromatic heterocycles. The number of benzene rings is 3. The van der Waals surface area contributed by atoms with Crippen molar-refractivity contribution in [3.8, 4) is 0 Å². The van der Waals surface area contributed by atoms with Crippen LogP contribution in [0.1, 0.15) is 35.9 Å². The van der Waals surface area contributed by atoms with Crippen molar-refractivity contribution in [2.75, 3.05) is 5.32 Å². The minimum Gasteiger partial charge on any atom is -0.375 e. The summed E-state index contributed by atoms with van der Waals surface area (Å²) in [5.74, 6) is -0.320. The molecule has 5 rings (SSSR count). The Morgan fingerprint density at radius 1 is 0.828 bits per heavy atom. The zero-order valence-electron chi connectivity index (χ0n) is 15.9. The zero-order valence-corrected chi connectivity index (χ0v) is 15.9. The lowest BCUT2D eigenvalue weighted by atomic mass is 9.72. The Bertz CT molecular complexity index is 1080. The Labute approximate surface area is 169 Å². The number of anilines is 1. The predicted molar refractivity (Wildman–Crippen MR) is 113 cm³/mol. The number of hydrogen-bond donors (Lipinski definition) is 1. The largest absolute Gasteiger partial charge is 0.375 e. The molecule has 1 N–H and O–H groups in total. The van der Waals surface area contributed by atoms with Gasteiger partial charge in [0.2, 0.25) is 0 Å². The third-order valence-corrected chi connectivity index (χ3v) is 5.92. The first-order chi connectivity index (χ1) is 14.2. The number of ketones is 1. The quantitative estimate of drug-likeness (QED) is 0.604. The van der Waals surface area contributed by atoms with Crippen molar-refractivity contribution in [3.63, 3.8) is 0 Å². The lowest BCUT2D eigenvalue weighted by Crippen LogP contribution is -2.38. The van der Waals surface area contributed by atoms with E-state index in [0.29, 0.717) is 6.42 Å². The highest BCUT2D eigenvalue weighted by atomic mass is 19.1. The molecule has 3 unspecified atom stereocenters. The molecule has 0 radical (unpaired) electrons. The van der Waals surface area contributed by atoms with Crippen molar-refractivity contribution in [3.05, 3.63) is 95.8 Å². The monoisotopic (exact) mass is 384 g/mol. The summed E-state index contributed by atoms with van der Waals surface area (Å²) in [5, 5.41) is 3.52. The third-order valence-electron chi connectivity index (χ3n) is 5.92. The maximum absolute atomic E-state index is 13.5. The summed E-state index contributed by atoms with van der Waals surface area (Å²) < 4.78 is 13.5. The number of nitrogens with zero attached hydrogens (tertiary/aromatic N) is 1. The van der Waals surface area contributed by atoms with E-state index in [-0.39, 0.29) is 29.5 Å². The summed E-state index contributed by atoms with van der Waals surface area (Å²) in [6.07, 6.45) is 1.23. The molecular formula is C25H21FN2O. The number of rotatable bonds is 2. The Morgan fingerprint density at radius 3 is 2.34 bits per heavy atom. The highest BCUT2D eigenvalue weighted by Crippen LogP contribution is 2.43. The number of carbonyl (C=O) groups excluding carboxylic acids is 1. The topological polar surface area (TPSA) is 41.5 Å². The van der Waals surface area contributed by atoms with Crippen LogP contribution in [0, 0.1) is 11.7 Å². The summed E-state index contributed by atoms with van der Waals surface area (Å²) in [6, 6.07) is 24.2. The molecule has 1 aliphatic carbocycles. The Balaban J connectivity index is 1.60. The highest BCUT2D eigenvalue weighted by Gasteiger charge is 2.41. The molecule has 1 aliphatic heterocycles. The van der Waals surface area contributed by atoms with Crippen molar-refractivity contribution >= 4 is 22.9 Å². The van der Waals surface area contributed by atoms with Crippen molar-refractivity contribution in [1.29, 1.82) is 0 Å². The number of fused-ring (bicyclic) bond motifs is 2.